The first-order valence-electron chi connectivity index (χ1n) is 4.76. The highest BCUT2D eigenvalue weighted by atomic mass is 15.3. The summed E-state index contributed by atoms with van der Waals surface area (Å²) in [5.41, 5.74) is 0.998. The molecule has 0 bridgehead atoms. The van der Waals surface area contributed by atoms with Crippen LogP contribution in [0.4, 0.5) is 5.82 Å². The largest absolute Gasteiger partial charge is 0.363 e. The topological polar surface area (TPSA) is 55.6 Å². The number of aryl methyl sites for hydroxylation is 2. The highest BCUT2D eigenvalue weighted by Crippen LogP contribution is 2.05. The summed E-state index contributed by atoms with van der Waals surface area (Å²) in [6.07, 6.45) is 1.54. The molecule has 0 aliphatic carbocycles. The maximum atomic E-state index is 4.33. The molecule has 1 N–H and O–H groups in total. The van der Waals surface area contributed by atoms with Gasteiger partial charge in [-0.25, -0.2) is 9.97 Å². The van der Waals surface area contributed by atoms with Gasteiger partial charge in [0.2, 0.25) is 0 Å². The van der Waals surface area contributed by atoms with Crippen molar-refractivity contribution in [1.82, 2.24) is 19.7 Å². The monoisotopic (exact) mass is 203 g/mol. The second-order valence-electron chi connectivity index (χ2n) is 3.32. The molecule has 0 aromatic carbocycles. The van der Waals surface area contributed by atoms with Crippen molar-refractivity contribution in [3.8, 4) is 0 Å². The second kappa shape index (κ2) is 4.08. The highest BCUT2D eigenvalue weighted by Gasteiger charge is 2.00. The molecule has 0 radical (unpaired) electrons. The minimum absolute atomic E-state index is 0.632. The van der Waals surface area contributed by atoms with Gasteiger partial charge in [-0.2, -0.15) is 5.10 Å². The first-order valence-corrected chi connectivity index (χ1v) is 4.76. The van der Waals surface area contributed by atoms with Crippen LogP contribution in [-0.2, 0) is 13.6 Å². The Balaban J connectivity index is 2.02. The lowest BCUT2D eigenvalue weighted by Gasteiger charge is -2.05. The van der Waals surface area contributed by atoms with Gasteiger partial charge >= 0.3 is 0 Å². The van der Waals surface area contributed by atoms with Crippen LogP contribution in [0.5, 0.6) is 0 Å². The molecule has 0 saturated heterocycles. The van der Waals surface area contributed by atoms with E-state index in [9.17, 15) is 0 Å². The Kier molecular flexibility index (Phi) is 2.62. The van der Waals surface area contributed by atoms with E-state index in [1.54, 1.807) is 11.0 Å². The average Bonchev–Trinajstić information content (AvgIpc) is 2.61. The SMILES string of the molecule is Cc1cccc(NCc2ncnn2C)n1. The van der Waals surface area contributed by atoms with Gasteiger partial charge < -0.3 is 5.32 Å². The molecular weight excluding hydrogens is 190 g/mol. The lowest BCUT2D eigenvalue weighted by atomic mass is 10.4. The van der Waals surface area contributed by atoms with Crippen LogP contribution >= 0.6 is 0 Å². The summed E-state index contributed by atoms with van der Waals surface area (Å²) < 4.78 is 1.74. The smallest absolute Gasteiger partial charge is 0.145 e. The third-order valence-electron chi connectivity index (χ3n) is 2.12. The highest BCUT2D eigenvalue weighted by molar-refractivity contribution is 5.35. The minimum Gasteiger partial charge on any atom is -0.363 e. The molecule has 0 spiro atoms. The Bertz CT molecular complexity index is 449. The van der Waals surface area contributed by atoms with E-state index < -0.39 is 0 Å². The molecule has 15 heavy (non-hydrogen) atoms. The molecule has 0 unspecified atom stereocenters. The third kappa shape index (κ3) is 2.31. The Hall–Kier alpha value is -1.91. The van der Waals surface area contributed by atoms with Crippen LogP contribution in [0.1, 0.15) is 11.5 Å². The lowest BCUT2D eigenvalue weighted by Crippen LogP contribution is -2.07. The maximum Gasteiger partial charge on any atom is 0.145 e. The van der Waals surface area contributed by atoms with E-state index in [1.807, 2.05) is 32.2 Å². The quantitative estimate of drug-likeness (QED) is 0.812. The first-order chi connectivity index (χ1) is 7.25. The number of pyridine rings is 1. The van der Waals surface area contributed by atoms with Crippen LogP contribution in [0.15, 0.2) is 24.5 Å². The van der Waals surface area contributed by atoms with Gasteiger partial charge in [-0.05, 0) is 19.1 Å². The number of nitrogens with zero attached hydrogens (tertiary/aromatic N) is 4. The molecule has 0 aliphatic heterocycles. The van der Waals surface area contributed by atoms with E-state index >= 15 is 0 Å². The number of aromatic nitrogens is 4. The molecule has 0 aliphatic rings. The summed E-state index contributed by atoms with van der Waals surface area (Å²) in [5.74, 6) is 1.75. The maximum absolute atomic E-state index is 4.33. The molecule has 0 amide bonds. The number of hydrogen-bond acceptors (Lipinski definition) is 4. The zero-order valence-corrected chi connectivity index (χ0v) is 8.81. The molecule has 78 valence electrons. The molecule has 2 aromatic heterocycles. The first kappa shape index (κ1) is 9.64. The van der Waals surface area contributed by atoms with Crippen molar-refractivity contribution < 1.29 is 0 Å². The summed E-state index contributed by atoms with van der Waals surface area (Å²) >= 11 is 0. The summed E-state index contributed by atoms with van der Waals surface area (Å²) in [4.78, 5) is 8.45. The average molecular weight is 203 g/mol. The van der Waals surface area contributed by atoms with E-state index in [0.29, 0.717) is 6.54 Å². The van der Waals surface area contributed by atoms with Gasteiger partial charge in [0.25, 0.3) is 0 Å². The van der Waals surface area contributed by atoms with E-state index in [1.165, 1.54) is 0 Å². The number of hydrogen-bond donors (Lipinski definition) is 1. The Morgan fingerprint density at radius 3 is 2.93 bits per heavy atom. The zero-order valence-electron chi connectivity index (χ0n) is 8.81. The van der Waals surface area contributed by atoms with E-state index in [0.717, 1.165) is 17.3 Å². The van der Waals surface area contributed by atoms with Crippen molar-refractivity contribution in [1.29, 1.82) is 0 Å². The van der Waals surface area contributed by atoms with Gasteiger partial charge in [0.05, 0.1) is 6.54 Å². The Morgan fingerprint density at radius 1 is 1.40 bits per heavy atom. The van der Waals surface area contributed by atoms with Gasteiger partial charge in [0.1, 0.15) is 18.0 Å². The van der Waals surface area contributed by atoms with Crippen molar-refractivity contribution >= 4 is 5.82 Å². The van der Waals surface area contributed by atoms with Gasteiger partial charge in [0.15, 0.2) is 0 Å². The van der Waals surface area contributed by atoms with Crippen molar-refractivity contribution in [2.24, 2.45) is 7.05 Å². The van der Waals surface area contributed by atoms with Crippen LogP contribution < -0.4 is 5.32 Å². The van der Waals surface area contributed by atoms with Crippen LogP contribution in [0.2, 0.25) is 0 Å². The van der Waals surface area contributed by atoms with E-state index in [4.69, 9.17) is 0 Å². The molecule has 0 atom stereocenters. The fourth-order valence-corrected chi connectivity index (χ4v) is 1.29. The van der Waals surface area contributed by atoms with Crippen LogP contribution in [0.25, 0.3) is 0 Å². The van der Waals surface area contributed by atoms with Gasteiger partial charge in [-0.1, -0.05) is 6.07 Å². The molecule has 0 fully saturated rings. The van der Waals surface area contributed by atoms with Crippen LogP contribution in [0.3, 0.4) is 0 Å². The Morgan fingerprint density at radius 2 is 2.27 bits per heavy atom. The fourth-order valence-electron chi connectivity index (χ4n) is 1.29. The predicted octanol–water partition coefficient (Wildman–Crippen LogP) is 1.13. The minimum atomic E-state index is 0.632. The van der Waals surface area contributed by atoms with Gasteiger partial charge in [0, 0.05) is 12.7 Å². The molecule has 2 aromatic rings. The molecule has 5 nitrogen and oxygen atoms in total. The van der Waals surface area contributed by atoms with E-state index in [2.05, 4.69) is 20.4 Å². The van der Waals surface area contributed by atoms with Crippen molar-refractivity contribution in [3.63, 3.8) is 0 Å². The molecule has 2 heterocycles. The second-order valence-corrected chi connectivity index (χ2v) is 3.32. The molecule has 5 heteroatoms. The predicted molar refractivity (Wildman–Crippen MR) is 57.3 cm³/mol. The summed E-state index contributed by atoms with van der Waals surface area (Å²) in [6, 6.07) is 5.87. The third-order valence-corrected chi connectivity index (χ3v) is 2.12. The van der Waals surface area contributed by atoms with Gasteiger partial charge in [-0.3, -0.25) is 4.68 Å². The van der Waals surface area contributed by atoms with Crippen LogP contribution in [-0.4, -0.2) is 19.7 Å². The summed E-state index contributed by atoms with van der Waals surface area (Å²) in [6.45, 7) is 2.60. The molecular formula is C10H13N5. The normalized spacial score (nSPS) is 10.3. The number of rotatable bonds is 3. The zero-order chi connectivity index (χ0) is 10.7. The number of anilines is 1. The summed E-state index contributed by atoms with van der Waals surface area (Å²) in [5, 5.41) is 7.19. The molecule has 0 saturated carbocycles. The molecule has 2 rings (SSSR count). The number of nitrogens with one attached hydrogen (secondary N) is 1. The lowest BCUT2D eigenvalue weighted by molar-refractivity contribution is 0.711. The van der Waals surface area contributed by atoms with Crippen molar-refractivity contribution in [3.05, 3.63) is 36.0 Å². The summed E-state index contributed by atoms with van der Waals surface area (Å²) in [7, 11) is 1.87. The Labute approximate surface area is 88.2 Å². The fraction of sp³-hybridized carbons (Fsp3) is 0.300. The standard InChI is InChI=1S/C10H13N5/c1-8-4-3-5-9(14-8)11-6-10-12-7-13-15(10)2/h3-5,7H,6H2,1-2H3,(H,11,14). The van der Waals surface area contributed by atoms with Crippen LogP contribution in [0, 0.1) is 6.92 Å². The van der Waals surface area contributed by atoms with Crippen molar-refractivity contribution in [2.45, 2.75) is 13.5 Å². The van der Waals surface area contributed by atoms with Gasteiger partial charge in [-0.15, -0.1) is 0 Å². The van der Waals surface area contributed by atoms with E-state index in [-0.39, 0.29) is 0 Å². The van der Waals surface area contributed by atoms with Crippen molar-refractivity contribution in [2.75, 3.05) is 5.32 Å².